The van der Waals surface area contributed by atoms with E-state index in [1.54, 1.807) is 7.11 Å². The zero-order chi connectivity index (χ0) is 19.1. The summed E-state index contributed by atoms with van der Waals surface area (Å²) in [6.07, 6.45) is 0.524. The van der Waals surface area contributed by atoms with Gasteiger partial charge in [-0.25, -0.2) is 5.01 Å². The van der Waals surface area contributed by atoms with Gasteiger partial charge >= 0.3 is 0 Å². The number of hydrazone groups is 1. The monoisotopic (exact) mass is 390 g/mol. The van der Waals surface area contributed by atoms with Crippen molar-refractivity contribution < 1.29 is 9.47 Å². The van der Waals surface area contributed by atoms with Crippen LogP contribution in [-0.2, 0) is 0 Å². The average molecular weight is 391 g/mol. The molecule has 0 aromatic heterocycles. The minimum Gasteiger partial charge on any atom is -0.497 e. The van der Waals surface area contributed by atoms with Crippen LogP contribution >= 0.6 is 11.6 Å². The Morgan fingerprint density at radius 1 is 1.04 bits per heavy atom. The van der Waals surface area contributed by atoms with E-state index in [-0.39, 0.29) is 12.3 Å². The molecule has 5 rings (SSSR count). The summed E-state index contributed by atoms with van der Waals surface area (Å²) in [6.45, 7) is 0. The van der Waals surface area contributed by atoms with E-state index < -0.39 is 0 Å². The first-order valence-electron chi connectivity index (χ1n) is 9.24. The third-order valence-corrected chi connectivity index (χ3v) is 5.49. The van der Waals surface area contributed by atoms with Gasteiger partial charge in [0.05, 0.1) is 18.9 Å². The Hall–Kier alpha value is -2.98. The summed E-state index contributed by atoms with van der Waals surface area (Å²) in [6, 6.07) is 24.2. The Labute approximate surface area is 169 Å². The van der Waals surface area contributed by atoms with Gasteiger partial charge in [0.2, 0.25) is 6.23 Å². The normalized spacial score (nSPS) is 20.1. The van der Waals surface area contributed by atoms with Gasteiger partial charge in [-0.2, -0.15) is 5.10 Å². The number of hydrogen-bond donors (Lipinski definition) is 0. The molecule has 0 unspecified atom stereocenters. The lowest BCUT2D eigenvalue weighted by molar-refractivity contribution is -0.0190. The minimum atomic E-state index is -0.289. The van der Waals surface area contributed by atoms with Crippen molar-refractivity contribution in [1.29, 1.82) is 0 Å². The van der Waals surface area contributed by atoms with Crippen LogP contribution in [0.5, 0.6) is 11.5 Å². The Balaban J connectivity index is 1.57. The van der Waals surface area contributed by atoms with E-state index in [1.165, 1.54) is 0 Å². The smallest absolute Gasteiger partial charge is 0.213 e. The average Bonchev–Trinajstić information content (AvgIpc) is 3.19. The van der Waals surface area contributed by atoms with Crippen LogP contribution in [0.15, 0.2) is 77.9 Å². The Morgan fingerprint density at radius 2 is 1.86 bits per heavy atom. The Bertz CT molecular complexity index is 1050. The fraction of sp³-hybridized carbons (Fsp3) is 0.174. The fourth-order valence-corrected chi connectivity index (χ4v) is 4.06. The lowest BCUT2D eigenvalue weighted by Gasteiger charge is -2.38. The quantitative estimate of drug-likeness (QED) is 0.584. The van der Waals surface area contributed by atoms with E-state index in [0.717, 1.165) is 40.3 Å². The number of rotatable bonds is 3. The van der Waals surface area contributed by atoms with Gasteiger partial charge in [0.15, 0.2) is 0 Å². The fourth-order valence-electron chi connectivity index (χ4n) is 3.87. The van der Waals surface area contributed by atoms with Gasteiger partial charge in [-0.1, -0.05) is 41.9 Å². The van der Waals surface area contributed by atoms with Gasteiger partial charge in [0.1, 0.15) is 11.5 Å². The van der Waals surface area contributed by atoms with Gasteiger partial charge in [-0.3, -0.25) is 0 Å². The second-order valence-corrected chi connectivity index (χ2v) is 7.37. The van der Waals surface area contributed by atoms with Crippen molar-refractivity contribution in [3.05, 3.63) is 94.5 Å². The van der Waals surface area contributed by atoms with E-state index in [2.05, 4.69) is 17.1 Å². The van der Waals surface area contributed by atoms with Crippen LogP contribution in [0.2, 0.25) is 5.02 Å². The van der Waals surface area contributed by atoms with Crippen molar-refractivity contribution in [3.63, 3.8) is 0 Å². The highest BCUT2D eigenvalue weighted by molar-refractivity contribution is 6.31. The molecule has 2 atom stereocenters. The standard InChI is InChI=1S/C23H19ClN2O2/c1-27-18-11-9-15(10-12-18)23-26-21(19-7-2-3-8-22(19)28-23)14-20(25-26)16-5-4-6-17(24)13-16/h2-13,21,23H,14H2,1H3/t21-,23+/m1/s1. The van der Waals surface area contributed by atoms with Crippen molar-refractivity contribution >= 4 is 17.3 Å². The van der Waals surface area contributed by atoms with Crippen LogP contribution in [0.3, 0.4) is 0 Å². The van der Waals surface area contributed by atoms with Gasteiger partial charge in [-0.15, -0.1) is 0 Å². The number of methoxy groups -OCH3 is 1. The molecule has 0 saturated heterocycles. The zero-order valence-corrected chi connectivity index (χ0v) is 16.1. The van der Waals surface area contributed by atoms with Crippen LogP contribution in [-0.4, -0.2) is 17.8 Å². The second-order valence-electron chi connectivity index (χ2n) is 6.94. The molecule has 28 heavy (non-hydrogen) atoms. The van der Waals surface area contributed by atoms with Crippen LogP contribution < -0.4 is 9.47 Å². The number of benzene rings is 3. The number of ether oxygens (including phenoxy) is 2. The maximum absolute atomic E-state index is 6.37. The molecule has 140 valence electrons. The molecule has 0 N–H and O–H groups in total. The first kappa shape index (κ1) is 17.1. The summed E-state index contributed by atoms with van der Waals surface area (Å²) in [5.74, 6) is 1.73. The van der Waals surface area contributed by atoms with Crippen molar-refractivity contribution in [3.8, 4) is 11.5 Å². The number of halogens is 1. The molecule has 2 aliphatic heterocycles. The molecule has 2 aliphatic rings. The molecule has 0 amide bonds. The third-order valence-electron chi connectivity index (χ3n) is 5.26. The molecule has 0 aliphatic carbocycles. The van der Waals surface area contributed by atoms with Crippen LogP contribution in [0.1, 0.15) is 35.4 Å². The van der Waals surface area contributed by atoms with E-state index in [0.29, 0.717) is 5.02 Å². The molecule has 0 fully saturated rings. The van der Waals surface area contributed by atoms with Gasteiger partial charge in [-0.05, 0) is 48.0 Å². The molecule has 3 aromatic rings. The Morgan fingerprint density at radius 3 is 2.64 bits per heavy atom. The topological polar surface area (TPSA) is 34.1 Å². The summed E-state index contributed by atoms with van der Waals surface area (Å²) in [4.78, 5) is 0. The maximum Gasteiger partial charge on any atom is 0.213 e. The first-order chi connectivity index (χ1) is 13.7. The summed E-state index contributed by atoms with van der Waals surface area (Å²) >= 11 is 6.21. The lowest BCUT2D eigenvalue weighted by Crippen LogP contribution is -2.33. The highest BCUT2D eigenvalue weighted by Gasteiger charge is 2.40. The lowest BCUT2D eigenvalue weighted by atomic mass is 9.96. The highest BCUT2D eigenvalue weighted by Crippen LogP contribution is 2.47. The van der Waals surface area contributed by atoms with Crippen molar-refractivity contribution in [1.82, 2.24) is 5.01 Å². The predicted octanol–water partition coefficient (Wildman–Crippen LogP) is 5.59. The van der Waals surface area contributed by atoms with Crippen LogP contribution in [0.25, 0.3) is 0 Å². The molecule has 3 aromatic carbocycles. The zero-order valence-electron chi connectivity index (χ0n) is 15.4. The molecule has 4 nitrogen and oxygen atoms in total. The molecule has 0 saturated carbocycles. The van der Waals surface area contributed by atoms with E-state index >= 15 is 0 Å². The Kier molecular flexibility index (Phi) is 4.21. The van der Waals surface area contributed by atoms with Gasteiger partial charge < -0.3 is 9.47 Å². The third kappa shape index (κ3) is 2.90. The molecule has 0 bridgehead atoms. The maximum atomic E-state index is 6.37. The summed E-state index contributed by atoms with van der Waals surface area (Å²) < 4.78 is 11.7. The highest BCUT2D eigenvalue weighted by atomic mass is 35.5. The van der Waals surface area contributed by atoms with E-state index in [9.17, 15) is 0 Å². The number of nitrogens with zero attached hydrogens (tertiary/aromatic N) is 2. The molecule has 2 heterocycles. The van der Waals surface area contributed by atoms with E-state index in [1.807, 2.05) is 60.7 Å². The molecule has 5 heteroatoms. The summed E-state index contributed by atoms with van der Waals surface area (Å²) in [5.41, 5.74) is 4.27. The number of para-hydroxylation sites is 1. The molecule has 0 radical (unpaired) electrons. The molecular weight excluding hydrogens is 372 g/mol. The predicted molar refractivity (Wildman–Crippen MR) is 110 cm³/mol. The van der Waals surface area contributed by atoms with Crippen molar-refractivity contribution in [2.24, 2.45) is 5.10 Å². The first-order valence-corrected chi connectivity index (χ1v) is 9.62. The van der Waals surface area contributed by atoms with E-state index in [4.69, 9.17) is 26.2 Å². The van der Waals surface area contributed by atoms with Crippen LogP contribution in [0.4, 0.5) is 0 Å². The number of fused-ring (bicyclic) bond motifs is 3. The van der Waals surface area contributed by atoms with Crippen LogP contribution in [0, 0.1) is 0 Å². The van der Waals surface area contributed by atoms with Crippen molar-refractivity contribution in [2.75, 3.05) is 7.11 Å². The largest absolute Gasteiger partial charge is 0.497 e. The number of hydrogen-bond acceptors (Lipinski definition) is 4. The molecule has 0 spiro atoms. The molecular formula is C23H19ClN2O2. The SMILES string of the molecule is COc1ccc([C@@H]2Oc3ccccc3[C@H]3CC(c4cccc(Cl)c4)=NN32)cc1. The summed E-state index contributed by atoms with van der Waals surface area (Å²) in [7, 11) is 1.67. The second kappa shape index (κ2) is 6.88. The van der Waals surface area contributed by atoms with Gasteiger partial charge in [0, 0.05) is 22.6 Å². The van der Waals surface area contributed by atoms with Crippen molar-refractivity contribution in [2.45, 2.75) is 18.7 Å². The van der Waals surface area contributed by atoms with Gasteiger partial charge in [0.25, 0.3) is 0 Å². The minimum absolute atomic E-state index is 0.131. The summed E-state index contributed by atoms with van der Waals surface area (Å²) in [5, 5.41) is 7.74.